The molecule has 3 heteroatoms. The maximum atomic E-state index is 6.07. The van der Waals surface area contributed by atoms with Crippen LogP contribution in [0.25, 0.3) is 6.08 Å². The van der Waals surface area contributed by atoms with Crippen LogP contribution in [0.2, 0.25) is 0 Å². The fraction of sp³-hybridized carbons (Fsp3) is 0.651. The Labute approximate surface area is 283 Å². The van der Waals surface area contributed by atoms with E-state index in [1.165, 1.54) is 47.1 Å². The van der Waals surface area contributed by atoms with E-state index in [0.29, 0.717) is 17.9 Å². The van der Waals surface area contributed by atoms with Gasteiger partial charge in [0.25, 0.3) is 0 Å². The lowest BCUT2D eigenvalue weighted by Crippen LogP contribution is -2.30. The van der Waals surface area contributed by atoms with Gasteiger partial charge in [0.15, 0.2) is 0 Å². The summed E-state index contributed by atoms with van der Waals surface area (Å²) in [4.78, 5) is 5.38. The third kappa shape index (κ3) is 9.29. The van der Waals surface area contributed by atoms with Crippen molar-refractivity contribution in [2.45, 2.75) is 156 Å². The largest absolute Gasteiger partial charge is 0.496 e. The molecule has 1 saturated carbocycles. The Morgan fingerprint density at radius 3 is 1.63 bits per heavy atom. The number of ether oxygens (including phenoxy) is 2. The molecule has 0 saturated heterocycles. The van der Waals surface area contributed by atoms with Crippen molar-refractivity contribution in [3.8, 4) is 11.5 Å². The molecule has 3 nitrogen and oxygen atoms in total. The minimum atomic E-state index is -0.0229. The van der Waals surface area contributed by atoms with Crippen LogP contribution in [0.3, 0.4) is 0 Å². The van der Waals surface area contributed by atoms with Crippen LogP contribution in [0.15, 0.2) is 35.3 Å². The molecule has 1 aliphatic carbocycles. The minimum absolute atomic E-state index is 0.00278. The highest BCUT2D eigenvalue weighted by atomic mass is 16.5. The topological polar surface area (TPSA) is 30.8 Å². The Morgan fingerprint density at radius 2 is 1.17 bits per heavy atom. The molecule has 0 bridgehead atoms. The molecule has 256 valence electrons. The molecule has 0 aliphatic heterocycles. The van der Waals surface area contributed by atoms with Crippen LogP contribution in [-0.4, -0.2) is 26.5 Å². The van der Waals surface area contributed by atoms with Crippen molar-refractivity contribution in [3.63, 3.8) is 0 Å². The van der Waals surface area contributed by atoms with Crippen molar-refractivity contribution < 1.29 is 9.47 Å². The predicted molar refractivity (Wildman–Crippen MR) is 202 cm³/mol. The van der Waals surface area contributed by atoms with Crippen molar-refractivity contribution in [3.05, 3.63) is 63.7 Å². The third-order valence-electron chi connectivity index (χ3n) is 10.0. The molecule has 0 aromatic heterocycles. The molecule has 2 unspecified atom stereocenters. The molecule has 0 radical (unpaired) electrons. The third-order valence-corrected chi connectivity index (χ3v) is 10.0. The second-order valence-corrected chi connectivity index (χ2v) is 17.9. The number of aliphatic imine (C=N–C) groups is 1. The van der Waals surface area contributed by atoms with Crippen LogP contribution in [-0.2, 0) is 21.7 Å². The molecule has 2 aromatic rings. The average Bonchev–Trinajstić information content (AvgIpc) is 2.95. The maximum absolute atomic E-state index is 6.07. The van der Waals surface area contributed by atoms with Crippen LogP contribution >= 0.6 is 0 Å². The first-order valence-electron chi connectivity index (χ1n) is 17.9. The summed E-state index contributed by atoms with van der Waals surface area (Å²) in [6, 6.07) is 9.67. The number of benzene rings is 2. The van der Waals surface area contributed by atoms with E-state index in [4.69, 9.17) is 14.5 Å². The van der Waals surface area contributed by atoms with Gasteiger partial charge in [-0.25, -0.2) is 0 Å². The van der Waals surface area contributed by atoms with Gasteiger partial charge in [-0.2, -0.15) is 0 Å². The first-order chi connectivity index (χ1) is 21.2. The molecule has 0 heterocycles. The highest BCUT2D eigenvalue weighted by Gasteiger charge is 2.31. The molecule has 0 N–H and O–H groups in total. The fourth-order valence-electron chi connectivity index (χ4n) is 7.02. The van der Waals surface area contributed by atoms with E-state index < -0.39 is 0 Å². The van der Waals surface area contributed by atoms with Crippen molar-refractivity contribution in [1.82, 2.24) is 0 Å². The van der Waals surface area contributed by atoms with Gasteiger partial charge in [-0.1, -0.05) is 134 Å². The van der Waals surface area contributed by atoms with E-state index >= 15 is 0 Å². The number of nitrogens with zero attached hydrogens (tertiary/aromatic N) is 1. The van der Waals surface area contributed by atoms with E-state index in [9.17, 15) is 0 Å². The fourth-order valence-corrected chi connectivity index (χ4v) is 7.02. The first kappa shape index (κ1) is 37.9. The van der Waals surface area contributed by atoms with Gasteiger partial charge in [-0.05, 0) is 76.0 Å². The van der Waals surface area contributed by atoms with Crippen LogP contribution < -0.4 is 9.47 Å². The smallest absolute Gasteiger partial charge is 0.131 e. The van der Waals surface area contributed by atoms with Gasteiger partial charge in [0.1, 0.15) is 11.5 Å². The van der Waals surface area contributed by atoms with E-state index in [1.807, 2.05) is 7.11 Å². The zero-order chi connectivity index (χ0) is 34.7. The molecule has 0 amide bonds. The van der Waals surface area contributed by atoms with Crippen molar-refractivity contribution in [2.75, 3.05) is 14.2 Å². The van der Waals surface area contributed by atoms with E-state index in [2.05, 4.69) is 133 Å². The number of hydrogen-bond donors (Lipinski definition) is 0. The van der Waals surface area contributed by atoms with Crippen molar-refractivity contribution in [2.24, 2.45) is 16.8 Å². The standard InChI is InChI=1S/C43H67NO2/c1-16-29(20-19-21-30-24-32(40(2,3)4)26-35(38(30)45-14)42(8,9)10)34-22-17-18-23-37(34)44-28-31-25-33(41(5,6)7)27-36(39(31)46-15)43(11,12)13/h19,21,24-29,34,37H,16-18,20,22-23H2,1-15H3/b21-19-,44-28?/t29-,34?,37?/m1/s1. The van der Waals surface area contributed by atoms with E-state index in [-0.39, 0.29) is 21.7 Å². The first-order valence-corrected chi connectivity index (χ1v) is 17.9. The molecule has 0 spiro atoms. The molecule has 3 rings (SSSR count). The predicted octanol–water partition coefficient (Wildman–Crippen LogP) is 12.0. The summed E-state index contributed by atoms with van der Waals surface area (Å²) in [5.41, 5.74) is 7.59. The Hall–Kier alpha value is -2.55. The zero-order valence-electron chi connectivity index (χ0n) is 32.3. The molecule has 2 aromatic carbocycles. The highest BCUT2D eigenvalue weighted by Crippen LogP contribution is 2.41. The van der Waals surface area contributed by atoms with Crippen LogP contribution in [0.5, 0.6) is 11.5 Å². The Balaban J connectivity index is 1.96. The molecule has 3 atom stereocenters. The summed E-state index contributed by atoms with van der Waals surface area (Å²) in [7, 11) is 3.62. The zero-order valence-corrected chi connectivity index (χ0v) is 32.3. The maximum Gasteiger partial charge on any atom is 0.131 e. The SMILES string of the molecule is CC[C@H](C/C=C\c1cc(C(C)(C)C)cc(C(C)(C)C)c1OC)C1CCCCC1N=Cc1cc(C(C)(C)C)cc(C(C)(C)C)c1OC. The lowest BCUT2D eigenvalue weighted by molar-refractivity contribution is 0.212. The summed E-state index contributed by atoms with van der Waals surface area (Å²) in [5, 5.41) is 0. The van der Waals surface area contributed by atoms with Gasteiger partial charge in [0.05, 0.1) is 20.3 Å². The van der Waals surface area contributed by atoms with Gasteiger partial charge in [0.2, 0.25) is 0 Å². The lowest BCUT2D eigenvalue weighted by Gasteiger charge is -2.34. The molecule has 1 fully saturated rings. The molecular formula is C43H67NO2. The Morgan fingerprint density at radius 1 is 0.696 bits per heavy atom. The summed E-state index contributed by atoms with van der Waals surface area (Å²) >= 11 is 0. The van der Waals surface area contributed by atoms with Gasteiger partial charge in [-0.3, -0.25) is 4.99 Å². The van der Waals surface area contributed by atoms with Gasteiger partial charge in [-0.15, -0.1) is 0 Å². The molecule has 46 heavy (non-hydrogen) atoms. The molecule has 1 aliphatic rings. The van der Waals surface area contributed by atoms with Gasteiger partial charge >= 0.3 is 0 Å². The summed E-state index contributed by atoms with van der Waals surface area (Å²) < 4.78 is 12.1. The second-order valence-electron chi connectivity index (χ2n) is 17.9. The van der Waals surface area contributed by atoms with Crippen LogP contribution in [0.1, 0.15) is 162 Å². The van der Waals surface area contributed by atoms with Crippen LogP contribution in [0.4, 0.5) is 0 Å². The monoisotopic (exact) mass is 630 g/mol. The summed E-state index contributed by atoms with van der Waals surface area (Å²) in [6.45, 7) is 29.8. The minimum Gasteiger partial charge on any atom is -0.496 e. The number of allylic oxidation sites excluding steroid dienone is 1. The summed E-state index contributed by atoms with van der Waals surface area (Å²) in [6.07, 6.45) is 14.0. The molecular weight excluding hydrogens is 562 g/mol. The van der Waals surface area contributed by atoms with Crippen molar-refractivity contribution in [1.29, 1.82) is 0 Å². The Bertz CT molecular complexity index is 1370. The summed E-state index contributed by atoms with van der Waals surface area (Å²) in [5.74, 6) is 3.13. The van der Waals surface area contributed by atoms with Crippen molar-refractivity contribution >= 4 is 12.3 Å². The quantitative estimate of drug-likeness (QED) is 0.258. The highest BCUT2D eigenvalue weighted by molar-refractivity contribution is 5.85. The van der Waals surface area contributed by atoms with Crippen LogP contribution in [0, 0.1) is 11.8 Å². The number of rotatable bonds is 9. The van der Waals surface area contributed by atoms with E-state index in [0.717, 1.165) is 36.3 Å². The average molecular weight is 630 g/mol. The van der Waals surface area contributed by atoms with E-state index in [1.54, 1.807) is 7.11 Å². The normalized spacial score (nSPS) is 19.2. The van der Waals surface area contributed by atoms with Gasteiger partial charge in [0, 0.05) is 28.5 Å². The second kappa shape index (κ2) is 14.7. The Kier molecular flexibility index (Phi) is 12.1. The number of hydrogen-bond acceptors (Lipinski definition) is 3. The van der Waals surface area contributed by atoms with Gasteiger partial charge < -0.3 is 9.47 Å². The number of methoxy groups -OCH3 is 2. The lowest BCUT2D eigenvalue weighted by atomic mass is 9.74.